The van der Waals surface area contributed by atoms with E-state index in [4.69, 9.17) is 9.72 Å². The van der Waals surface area contributed by atoms with Crippen LogP contribution in [-0.4, -0.2) is 80.2 Å². The average molecular weight is 596 g/mol. The van der Waals surface area contributed by atoms with Gasteiger partial charge in [0.25, 0.3) is 5.91 Å². The number of nitrogens with zero attached hydrogens (tertiary/aromatic N) is 7. The van der Waals surface area contributed by atoms with Crippen molar-refractivity contribution in [3.05, 3.63) is 71.2 Å². The standard InChI is InChI=1S/C34H38FN7O2/c1-23-8-5-9-25-10-6-11-30(31(23)25)40-16-13-27-29(22-40)38-33(44-19-7-15-39(3)4)28(20-37)32(27)41-17-18-42(34(43)24(2)35)26(21-41)12-14-36/h5-6,8-11,26H,2,7,12-13,15-19,21-22H2,1,3-4H3/t26-/m0/s1. The second kappa shape index (κ2) is 13.3. The van der Waals surface area contributed by atoms with E-state index in [1.54, 1.807) is 0 Å². The second-order valence-electron chi connectivity index (χ2n) is 11.7. The largest absolute Gasteiger partial charge is 0.477 e. The maximum Gasteiger partial charge on any atom is 0.282 e. The number of nitriles is 2. The van der Waals surface area contributed by atoms with Crippen LogP contribution in [0.4, 0.5) is 15.8 Å². The van der Waals surface area contributed by atoms with Gasteiger partial charge in [0.15, 0.2) is 5.83 Å². The van der Waals surface area contributed by atoms with Crippen molar-refractivity contribution < 1.29 is 13.9 Å². The SMILES string of the molecule is C=C(F)C(=O)N1CCN(c2c(C#N)c(OCCCN(C)C)nc3c2CCN(c2cccc4cccc(C)c24)C3)C[C@@H]1CC#N. The molecule has 0 radical (unpaired) electrons. The van der Waals surface area contributed by atoms with E-state index in [-0.39, 0.29) is 19.5 Å². The Morgan fingerprint density at radius 3 is 2.64 bits per heavy atom. The highest BCUT2D eigenvalue weighted by molar-refractivity contribution is 5.97. The molecule has 5 rings (SSSR count). The predicted molar refractivity (Wildman–Crippen MR) is 169 cm³/mol. The van der Waals surface area contributed by atoms with Crippen LogP contribution < -0.4 is 14.5 Å². The Morgan fingerprint density at radius 2 is 1.93 bits per heavy atom. The number of hydrogen-bond acceptors (Lipinski definition) is 8. The zero-order chi connectivity index (χ0) is 31.4. The molecule has 3 aromatic rings. The minimum atomic E-state index is -1.04. The summed E-state index contributed by atoms with van der Waals surface area (Å²) in [6, 6.07) is 16.6. The first-order valence-electron chi connectivity index (χ1n) is 15.0. The molecule has 2 aliphatic rings. The van der Waals surface area contributed by atoms with E-state index in [9.17, 15) is 19.7 Å². The molecule has 0 aliphatic carbocycles. The van der Waals surface area contributed by atoms with Crippen LogP contribution in [0.5, 0.6) is 5.88 Å². The first-order chi connectivity index (χ1) is 21.2. The number of fused-ring (bicyclic) bond motifs is 2. The summed E-state index contributed by atoms with van der Waals surface area (Å²) < 4.78 is 20.0. The summed E-state index contributed by atoms with van der Waals surface area (Å²) in [5.41, 5.74) is 5.25. The molecule has 2 aliphatic heterocycles. The summed E-state index contributed by atoms with van der Waals surface area (Å²) in [6.45, 7) is 8.66. The van der Waals surface area contributed by atoms with Crippen LogP contribution in [0, 0.1) is 29.6 Å². The summed E-state index contributed by atoms with van der Waals surface area (Å²) in [5.74, 6) is -1.55. The predicted octanol–water partition coefficient (Wildman–Crippen LogP) is 4.72. The monoisotopic (exact) mass is 595 g/mol. The molecular weight excluding hydrogens is 557 g/mol. The summed E-state index contributed by atoms with van der Waals surface area (Å²) >= 11 is 0. The van der Waals surface area contributed by atoms with Gasteiger partial charge in [0.05, 0.1) is 43.1 Å². The highest BCUT2D eigenvalue weighted by atomic mass is 19.1. The summed E-state index contributed by atoms with van der Waals surface area (Å²) in [4.78, 5) is 25.3. The van der Waals surface area contributed by atoms with Gasteiger partial charge in [-0.05, 0) is 50.9 Å². The van der Waals surface area contributed by atoms with E-state index in [0.29, 0.717) is 37.6 Å². The Balaban J connectivity index is 1.55. The van der Waals surface area contributed by atoms with Crippen molar-refractivity contribution in [1.29, 1.82) is 10.5 Å². The summed E-state index contributed by atoms with van der Waals surface area (Å²) in [6.07, 6.45) is 1.46. The van der Waals surface area contributed by atoms with Gasteiger partial charge >= 0.3 is 0 Å². The quantitative estimate of drug-likeness (QED) is 0.259. The number of halogens is 1. The molecule has 0 spiro atoms. The second-order valence-corrected chi connectivity index (χ2v) is 11.7. The number of aromatic nitrogens is 1. The first-order valence-corrected chi connectivity index (χ1v) is 15.0. The molecule has 0 bridgehead atoms. The maximum atomic E-state index is 13.8. The molecule has 44 heavy (non-hydrogen) atoms. The normalized spacial score (nSPS) is 16.4. The molecule has 1 fully saturated rings. The zero-order valence-corrected chi connectivity index (χ0v) is 25.6. The van der Waals surface area contributed by atoms with Crippen LogP contribution in [0.25, 0.3) is 10.8 Å². The molecule has 2 aromatic carbocycles. The minimum absolute atomic E-state index is 0.0345. The smallest absolute Gasteiger partial charge is 0.282 e. The molecule has 1 amide bonds. The van der Waals surface area contributed by atoms with Crippen LogP contribution in [0.2, 0.25) is 0 Å². The molecule has 228 valence electrons. The molecule has 9 nitrogen and oxygen atoms in total. The molecular formula is C34H38FN7O2. The molecule has 0 unspecified atom stereocenters. The molecule has 10 heteroatoms. The molecule has 0 N–H and O–H groups in total. The van der Waals surface area contributed by atoms with Crippen molar-refractivity contribution >= 4 is 28.1 Å². The highest BCUT2D eigenvalue weighted by Gasteiger charge is 2.36. The van der Waals surface area contributed by atoms with Gasteiger partial charge < -0.3 is 24.3 Å². The van der Waals surface area contributed by atoms with E-state index < -0.39 is 17.8 Å². The Morgan fingerprint density at radius 1 is 1.16 bits per heavy atom. The third-order valence-corrected chi connectivity index (χ3v) is 8.44. The van der Waals surface area contributed by atoms with Crippen molar-refractivity contribution in [2.75, 3.05) is 63.2 Å². The Hall–Kier alpha value is -4.67. The van der Waals surface area contributed by atoms with Crippen LogP contribution in [0.15, 0.2) is 48.8 Å². The van der Waals surface area contributed by atoms with Gasteiger partial charge in [-0.25, -0.2) is 9.37 Å². The third kappa shape index (κ3) is 6.17. The lowest BCUT2D eigenvalue weighted by Gasteiger charge is -2.43. The van der Waals surface area contributed by atoms with E-state index in [1.165, 1.54) is 21.2 Å². The Bertz CT molecular complexity index is 1650. The van der Waals surface area contributed by atoms with Gasteiger partial charge in [-0.15, -0.1) is 0 Å². The lowest BCUT2D eigenvalue weighted by molar-refractivity contribution is -0.131. The van der Waals surface area contributed by atoms with Gasteiger partial charge in [0, 0.05) is 49.4 Å². The molecule has 1 atom stereocenters. The van der Waals surface area contributed by atoms with Crippen LogP contribution >= 0.6 is 0 Å². The highest BCUT2D eigenvalue weighted by Crippen LogP contribution is 2.40. The summed E-state index contributed by atoms with van der Waals surface area (Å²) in [5, 5.41) is 22.4. The van der Waals surface area contributed by atoms with Crippen molar-refractivity contribution in [2.24, 2.45) is 0 Å². The molecule has 3 heterocycles. The maximum absolute atomic E-state index is 13.8. The third-order valence-electron chi connectivity index (χ3n) is 8.44. The van der Waals surface area contributed by atoms with Crippen LogP contribution in [-0.2, 0) is 17.8 Å². The number of anilines is 2. The number of rotatable bonds is 9. The number of hydrogen-bond donors (Lipinski definition) is 0. The lowest BCUT2D eigenvalue weighted by atomic mass is 9.95. The van der Waals surface area contributed by atoms with Crippen molar-refractivity contribution in [2.45, 2.75) is 38.8 Å². The number of carbonyl (C=O) groups is 1. The number of pyridine rings is 1. The average Bonchev–Trinajstić information content (AvgIpc) is 3.01. The fourth-order valence-corrected chi connectivity index (χ4v) is 6.38. The van der Waals surface area contributed by atoms with Crippen LogP contribution in [0.3, 0.4) is 0 Å². The van der Waals surface area contributed by atoms with E-state index in [2.05, 4.69) is 76.7 Å². The number of benzene rings is 2. The Labute approximate surface area is 258 Å². The number of piperazine rings is 1. The number of ether oxygens (including phenoxy) is 1. The fourth-order valence-electron chi connectivity index (χ4n) is 6.38. The fraction of sp³-hybridized carbons (Fsp3) is 0.412. The van der Waals surface area contributed by atoms with Crippen molar-refractivity contribution in [3.8, 4) is 18.0 Å². The molecule has 1 aromatic heterocycles. The molecule has 0 saturated carbocycles. The Kier molecular flexibility index (Phi) is 9.32. The van der Waals surface area contributed by atoms with Crippen LogP contribution in [0.1, 0.15) is 35.2 Å². The number of aryl methyl sites for hydroxylation is 1. The van der Waals surface area contributed by atoms with Crippen molar-refractivity contribution in [3.63, 3.8) is 0 Å². The lowest BCUT2D eigenvalue weighted by Crippen LogP contribution is -2.55. The summed E-state index contributed by atoms with van der Waals surface area (Å²) in [7, 11) is 4.00. The van der Waals surface area contributed by atoms with E-state index in [1.807, 2.05) is 14.1 Å². The van der Waals surface area contributed by atoms with Gasteiger partial charge in [-0.1, -0.05) is 36.9 Å². The first kappa shape index (κ1) is 30.8. The van der Waals surface area contributed by atoms with E-state index in [0.717, 1.165) is 42.1 Å². The van der Waals surface area contributed by atoms with Gasteiger partial charge in [0.1, 0.15) is 11.6 Å². The van der Waals surface area contributed by atoms with E-state index >= 15 is 0 Å². The zero-order valence-electron chi connectivity index (χ0n) is 25.6. The van der Waals surface area contributed by atoms with Gasteiger partial charge in [-0.3, -0.25) is 4.79 Å². The van der Waals surface area contributed by atoms with Gasteiger partial charge in [0.2, 0.25) is 5.88 Å². The topological polar surface area (TPSA) is 99.7 Å². The molecule has 1 saturated heterocycles. The van der Waals surface area contributed by atoms with Gasteiger partial charge in [-0.2, -0.15) is 10.5 Å². The van der Waals surface area contributed by atoms with Crippen molar-refractivity contribution in [1.82, 2.24) is 14.8 Å². The number of amides is 1. The minimum Gasteiger partial charge on any atom is -0.477 e. The number of carbonyl (C=O) groups excluding carboxylic acids is 1.